The van der Waals surface area contributed by atoms with Crippen molar-refractivity contribution in [2.45, 2.75) is 33.1 Å². The fraction of sp³-hybridized carbons (Fsp3) is 1.00. The minimum Gasteiger partial charge on any atom is -0.305 e. The van der Waals surface area contributed by atoms with Crippen LogP contribution in [-0.4, -0.2) is 130 Å². The smallest absolute Gasteiger partial charge is 0.0526 e. The Bertz CT molecular complexity index is 322. The molecule has 2 aliphatic rings. The lowest BCUT2D eigenvalue weighted by Gasteiger charge is -2.38. The lowest BCUT2D eigenvalue weighted by atomic mass is 10.2. The molecule has 0 amide bonds. The van der Waals surface area contributed by atoms with Crippen molar-refractivity contribution in [3.63, 3.8) is 0 Å². The standard InChI is InChI=1S/2C10H23N3/c1-4-11(2)5-8-13-9-6-12(3)7-10-13;1-4-5-6-7-13-9-11(2)8-12(3)10-13/h2*4-10H2,1-3H3. The summed E-state index contributed by atoms with van der Waals surface area (Å²) in [5, 5.41) is 0. The van der Waals surface area contributed by atoms with Crippen LogP contribution in [0.5, 0.6) is 0 Å². The highest BCUT2D eigenvalue weighted by Gasteiger charge is 2.17. The minimum atomic E-state index is 1.10. The van der Waals surface area contributed by atoms with Gasteiger partial charge in [-0.3, -0.25) is 19.6 Å². The zero-order valence-corrected chi connectivity index (χ0v) is 18.6. The van der Waals surface area contributed by atoms with Gasteiger partial charge < -0.3 is 9.80 Å². The maximum Gasteiger partial charge on any atom is 0.0526 e. The van der Waals surface area contributed by atoms with E-state index in [9.17, 15) is 0 Å². The van der Waals surface area contributed by atoms with Gasteiger partial charge in [0.15, 0.2) is 0 Å². The third-order valence-corrected chi connectivity index (χ3v) is 5.38. The van der Waals surface area contributed by atoms with Crippen LogP contribution in [0.2, 0.25) is 0 Å². The highest BCUT2D eigenvalue weighted by molar-refractivity contribution is 4.69. The number of unbranched alkanes of at least 4 members (excludes halogenated alkanes) is 2. The Labute approximate surface area is 163 Å². The quantitative estimate of drug-likeness (QED) is 0.598. The van der Waals surface area contributed by atoms with Gasteiger partial charge in [-0.25, -0.2) is 0 Å². The molecule has 0 aromatic heterocycles. The van der Waals surface area contributed by atoms with E-state index >= 15 is 0 Å². The van der Waals surface area contributed by atoms with Crippen molar-refractivity contribution in [1.82, 2.24) is 29.4 Å². The van der Waals surface area contributed by atoms with Gasteiger partial charge in [0.25, 0.3) is 0 Å². The van der Waals surface area contributed by atoms with E-state index in [0.717, 1.165) is 26.6 Å². The molecule has 0 bridgehead atoms. The van der Waals surface area contributed by atoms with Gasteiger partial charge in [0.2, 0.25) is 0 Å². The van der Waals surface area contributed by atoms with Crippen molar-refractivity contribution < 1.29 is 0 Å². The molecule has 0 saturated carbocycles. The van der Waals surface area contributed by atoms with E-state index in [-0.39, 0.29) is 0 Å². The summed E-state index contributed by atoms with van der Waals surface area (Å²) in [7, 11) is 8.76. The Morgan fingerprint density at radius 3 is 1.85 bits per heavy atom. The minimum absolute atomic E-state index is 1.10. The second-order valence-corrected chi connectivity index (χ2v) is 8.28. The van der Waals surface area contributed by atoms with Crippen LogP contribution in [0, 0.1) is 0 Å². The number of hydrogen-bond donors (Lipinski definition) is 0. The number of hydrogen-bond acceptors (Lipinski definition) is 6. The Balaban J connectivity index is 0.000000260. The van der Waals surface area contributed by atoms with Crippen molar-refractivity contribution in [2.24, 2.45) is 0 Å². The third kappa shape index (κ3) is 10.8. The van der Waals surface area contributed by atoms with Crippen LogP contribution in [0.15, 0.2) is 0 Å². The third-order valence-electron chi connectivity index (χ3n) is 5.38. The van der Waals surface area contributed by atoms with Gasteiger partial charge in [0, 0.05) is 45.8 Å². The van der Waals surface area contributed by atoms with Crippen molar-refractivity contribution in [2.75, 3.05) is 101 Å². The SMILES string of the molecule is CCCCCN1CN(C)CN(C)C1.CCN(C)CCN1CCN(C)CC1. The molecule has 0 unspecified atom stereocenters. The molecule has 156 valence electrons. The second-order valence-electron chi connectivity index (χ2n) is 8.28. The van der Waals surface area contributed by atoms with Gasteiger partial charge in [-0.2, -0.15) is 0 Å². The largest absolute Gasteiger partial charge is 0.305 e. The molecular weight excluding hydrogens is 324 g/mol. The number of rotatable bonds is 8. The second kappa shape index (κ2) is 13.9. The Hall–Kier alpha value is -0.240. The zero-order chi connectivity index (χ0) is 19.4. The van der Waals surface area contributed by atoms with Gasteiger partial charge in [0.1, 0.15) is 0 Å². The molecule has 0 spiro atoms. The van der Waals surface area contributed by atoms with Crippen molar-refractivity contribution in [1.29, 1.82) is 0 Å². The summed E-state index contributed by atoms with van der Waals surface area (Å²) >= 11 is 0. The molecule has 2 saturated heterocycles. The van der Waals surface area contributed by atoms with E-state index in [1.807, 2.05) is 0 Å². The fourth-order valence-electron chi connectivity index (χ4n) is 3.50. The highest BCUT2D eigenvalue weighted by Crippen LogP contribution is 2.05. The van der Waals surface area contributed by atoms with Crippen LogP contribution in [0.1, 0.15) is 33.1 Å². The van der Waals surface area contributed by atoms with E-state index in [2.05, 4.69) is 71.4 Å². The summed E-state index contributed by atoms with van der Waals surface area (Å²) in [6.45, 7) is 17.6. The first-order valence-corrected chi connectivity index (χ1v) is 10.6. The maximum absolute atomic E-state index is 2.56. The fourth-order valence-corrected chi connectivity index (χ4v) is 3.50. The molecule has 2 heterocycles. The Morgan fingerprint density at radius 1 is 0.692 bits per heavy atom. The van der Waals surface area contributed by atoms with Crippen LogP contribution in [0.25, 0.3) is 0 Å². The molecular formula is C20H46N6. The zero-order valence-electron chi connectivity index (χ0n) is 18.6. The van der Waals surface area contributed by atoms with E-state index in [0.29, 0.717) is 0 Å². The molecule has 2 aliphatic heterocycles. The predicted octanol–water partition coefficient (Wildman–Crippen LogP) is 1.41. The first-order chi connectivity index (χ1) is 12.4. The Morgan fingerprint density at radius 2 is 1.31 bits per heavy atom. The summed E-state index contributed by atoms with van der Waals surface area (Å²) in [5.41, 5.74) is 0. The van der Waals surface area contributed by atoms with Crippen molar-refractivity contribution in [3.8, 4) is 0 Å². The molecule has 0 N–H and O–H groups in total. The van der Waals surface area contributed by atoms with Crippen molar-refractivity contribution >= 4 is 0 Å². The summed E-state index contributed by atoms with van der Waals surface area (Å²) in [6.07, 6.45) is 4.03. The van der Waals surface area contributed by atoms with E-state index in [1.54, 1.807) is 0 Å². The first-order valence-electron chi connectivity index (χ1n) is 10.6. The monoisotopic (exact) mass is 370 g/mol. The van der Waals surface area contributed by atoms with Crippen LogP contribution in [0.4, 0.5) is 0 Å². The summed E-state index contributed by atoms with van der Waals surface area (Å²) in [5.74, 6) is 0. The van der Waals surface area contributed by atoms with Gasteiger partial charge in [-0.1, -0.05) is 26.7 Å². The van der Waals surface area contributed by atoms with E-state index < -0.39 is 0 Å². The van der Waals surface area contributed by atoms with Gasteiger partial charge in [0.05, 0.1) is 20.0 Å². The molecule has 0 atom stereocenters. The maximum atomic E-state index is 2.56. The van der Waals surface area contributed by atoms with Gasteiger partial charge in [-0.15, -0.1) is 0 Å². The first kappa shape index (κ1) is 23.8. The average Bonchev–Trinajstić information content (AvgIpc) is 2.61. The van der Waals surface area contributed by atoms with Crippen LogP contribution >= 0.6 is 0 Å². The van der Waals surface area contributed by atoms with Crippen LogP contribution in [0.3, 0.4) is 0 Å². The normalized spacial score (nSPS) is 21.8. The van der Waals surface area contributed by atoms with Crippen LogP contribution < -0.4 is 0 Å². The number of likely N-dealkylation sites (N-methyl/N-ethyl adjacent to an activating group) is 2. The molecule has 0 radical (unpaired) electrons. The molecule has 26 heavy (non-hydrogen) atoms. The molecule has 2 rings (SSSR count). The molecule has 0 aliphatic carbocycles. The summed E-state index contributed by atoms with van der Waals surface area (Å²) in [4.78, 5) is 14.6. The van der Waals surface area contributed by atoms with Crippen molar-refractivity contribution in [3.05, 3.63) is 0 Å². The number of piperazine rings is 1. The summed E-state index contributed by atoms with van der Waals surface area (Å²) in [6, 6.07) is 0. The molecule has 6 nitrogen and oxygen atoms in total. The topological polar surface area (TPSA) is 19.4 Å². The lowest BCUT2D eigenvalue weighted by Crippen LogP contribution is -2.52. The molecule has 2 fully saturated rings. The summed E-state index contributed by atoms with van der Waals surface area (Å²) < 4.78 is 0. The number of nitrogens with zero attached hydrogens (tertiary/aromatic N) is 6. The predicted molar refractivity (Wildman–Crippen MR) is 113 cm³/mol. The molecule has 6 heteroatoms. The Kier molecular flexibility index (Phi) is 12.7. The van der Waals surface area contributed by atoms with Gasteiger partial charge in [-0.05, 0) is 41.2 Å². The molecule has 0 aromatic rings. The average molecular weight is 371 g/mol. The highest BCUT2D eigenvalue weighted by atomic mass is 15.5. The van der Waals surface area contributed by atoms with Crippen LogP contribution in [-0.2, 0) is 0 Å². The van der Waals surface area contributed by atoms with E-state index in [4.69, 9.17) is 0 Å². The molecule has 0 aromatic carbocycles. The van der Waals surface area contributed by atoms with Gasteiger partial charge >= 0.3 is 0 Å². The van der Waals surface area contributed by atoms with E-state index in [1.165, 1.54) is 65.1 Å². The lowest BCUT2D eigenvalue weighted by molar-refractivity contribution is -0.00186.